The third kappa shape index (κ3) is 6.32. The molecule has 4 nitrogen and oxygen atoms in total. The van der Waals surface area contributed by atoms with Crippen molar-refractivity contribution in [1.29, 1.82) is 0 Å². The predicted molar refractivity (Wildman–Crippen MR) is 95.0 cm³/mol. The van der Waals surface area contributed by atoms with Gasteiger partial charge in [0, 0.05) is 5.56 Å². The summed E-state index contributed by atoms with van der Waals surface area (Å²) >= 11 is 0. The Hall–Kier alpha value is -2.18. The van der Waals surface area contributed by atoms with Crippen LogP contribution < -0.4 is 15.8 Å². The second-order valence-electron chi connectivity index (χ2n) is 5.44. The van der Waals surface area contributed by atoms with Gasteiger partial charge in [0.05, 0.1) is 12.1 Å². The number of para-hydroxylation sites is 1. The standard InChI is InChI=1S/C18H20F2N2O2.ClH/c1-12(14-9-5-6-10-16(14)24-18(19)20)22-17(23)15(21)11-13-7-3-2-4-8-13;/h2-10,12,15,18H,11,21H2,1H3,(H,22,23);1H/t12?,15-;/m0./s1. The van der Waals surface area contributed by atoms with Crippen molar-refractivity contribution in [1.82, 2.24) is 5.32 Å². The molecule has 2 aromatic carbocycles. The molecule has 0 aromatic heterocycles. The van der Waals surface area contributed by atoms with E-state index >= 15 is 0 Å². The summed E-state index contributed by atoms with van der Waals surface area (Å²) in [4.78, 5) is 12.2. The minimum absolute atomic E-state index is 0. The lowest BCUT2D eigenvalue weighted by Crippen LogP contribution is -2.43. The van der Waals surface area contributed by atoms with E-state index in [1.165, 1.54) is 6.07 Å². The van der Waals surface area contributed by atoms with Gasteiger partial charge in [-0.25, -0.2) is 0 Å². The van der Waals surface area contributed by atoms with Crippen molar-refractivity contribution in [3.63, 3.8) is 0 Å². The highest BCUT2D eigenvalue weighted by molar-refractivity contribution is 5.85. The van der Waals surface area contributed by atoms with Gasteiger partial charge in [-0.15, -0.1) is 12.4 Å². The average molecular weight is 371 g/mol. The zero-order valence-electron chi connectivity index (χ0n) is 13.7. The van der Waals surface area contributed by atoms with E-state index in [0.29, 0.717) is 12.0 Å². The number of halogens is 3. The molecule has 0 fully saturated rings. The van der Waals surface area contributed by atoms with Gasteiger partial charge < -0.3 is 15.8 Å². The Kier molecular flexibility index (Phi) is 8.31. The summed E-state index contributed by atoms with van der Waals surface area (Å²) in [6.07, 6.45) is 0.397. The normalized spacial score (nSPS) is 12.8. The van der Waals surface area contributed by atoms with Gasteiger partial charge in [-0.2, -0.15) is 8.78 Å². The maximum Gasteiger partial charge on any atom is 0.387 e. The minimum Gasteiger partial charge on any atom is -0.434 e. The van der Waals surface area contributed by atoms with Crippen LogP contribution in [0, 0.1) is 0 Å². The number of ether oxygens (including phenoxy) is 1. The molecule has 136 valence electrons. The second kappa shape index (κ2) is 9.96. The Morgan fingerprint density at radius 1 is 1.12 bits per heavy atom. The van der Waals surface area contributed by atoms with Crippen molar-refractivity contribution in [3.8, 4) is 5.75 Å². The number of alkyl halides is 2. The second-order valence-corrected chi connectivity index (χ2v) is 5.44. The fraction of sp³-hybridized carbons (Fsp3) is 0.278. The van der Waals surface area contributed by atoms with Gasteiger partial charge in [0.15, 0.2) is 0 Å². The molecule has 1 amide bonds. The third-order valence-electron chi connectivity index (χ3n) is 3.60. The molecule has 7 heteroatoms. The Balaban J connectivity index is 0.00000312. The maximum absolute atomic E-state index is 12.5. The van der Waals surface area contributed by atoms with Gasteiger partial charge in [-0.05, 0) is 25.0 Å². The van der Waals surface area contributed by atoms with Gasteiger partial charge in [0.25, 0.3) is 0 Å². The van der Waals surface area contributed by atoms with Crippen LogP contribution in [-0.2, 0) is 11.2 Å². The lowest BCUT2D eigenvalue weighted by molar-refractivity contribution is -0.123. The Bertz CT molecular complexity index is 671. The summed E-state index contributed by atoms with van der Waals surface area (Å²) in [5, 5.41) is 2.74. The number of benzene rings is 2. The van der Waals surface area contributed by atoms with E-state index in [9.17, 15) is 13.6 Å². The van der Waals surface area contributed by atoms with Crippen molar-refractivity contribution >= 4 is 18.3 Å². The number of amides is 1. The number of rotatable bonds is 7. The van der Waals surface area contributed by atoms with Gasteiger partial charge in [-0.3, -0.25) is 4.79 Å². The zero-order chi connectivity index (χ0) is 17.5. The van der Waals surface area contributed by atoms with Crippen molar-refractivity contribution in [2.75, 3.05) is 0 Å². The largest absolute Gasteiger partial charge is 0.434 e. The number of carbonyl (C=O) groups excluding carboxylic acids is 1. The molecule has 0 heterocycles. The van der Waals surface area contributed by atoms with E-state index in [1.807, 2.05) is 30.3 Å². The smallest absolute Gasteiger partial charge is 0.387 e. The van der Waals surface area contributed by atoms with Gasteiger partial charge >= 0.3 is 6.61 Å². The van der Waals surface area contributed by atoms with Crippen molar-refractivity contribution in [3.05, 3.63) is 65.7 Å². The van der Waals surface area contributed by atoms with Gasteiger partial charge in [0.2, 0.25) is 5.91 Å². The van der Waals surface area contributed by atoms with E-state index in [-0.39, 0.29) is 24.1 Å². The fourth-order valence-corrected chi connectivity index (χ4v) is 2.40. The molecular formula is C18H21ClF2N2O2. The van der Waals surface area contributed by atoms with Crippen molar-refractivity contribution in [2.24, 2.45) is 5.73 Å². The lowest BCUT2D eigenvalue weighted by Gasteiger charge is -2.20. The highest BCUT2D eigenvalue weighted by Crippen LogP contribution is 2.26. The van der Waals surface area contributed by atoms with Crippen LogP contribution in [-0.4, -0.2) is 18.6 Å². The van der Waals surface area contributed by atoms with Gasteiger partial charge in [0.1, 0.15) is 5.75 Å². The topological polar surface area (TPSA) is 64.4 Å². The van der Waals surface area contributed by atoms with E-state index in [1.54, 1.807) is 25.1 Å². The first-order valence-electron chi connectivity index (χ1n) is 7.61. The molecule has 2 aromatic rings. The Morgan fingerprint density at radius 3 is 2.36 bits per heavy atom. The van der Waals surface area contributed by atoms with Crippen LogP contribution in [0.4, 0.5) is 8.78 Å². The summed E-state index contributed by atoms with van der Waals surface area (Å²) in [6.45, 7) is -1.23. The molecule has 0 aliphatic heterocycles. The average Bonchev–Trinajstić information content (AvgIpc) is 2.55. The fourth-order valence-electron chi connectivity index (χ4n) is 2.40. The molecule has 0 saturated heterocycles. The summed E-state index contributed by atoms with van der Waals surface area (Å²) in [7, 11) is 0. The number of hydrogen-bond acceptors (Lipinski definition) is 3. The predicted octanol–water partition coefficient (Wildman–Crippen LogP) is 3.46. The molecule has 2 atom stereocenters. The third-order valence-corrected chi connectivity index (χ3v) is 3.60. The van der Waals surface area contributed by atoms with E-state index in [2.05, 4.69) is 10.1 Å². The van der Waals surface area contributed by atoms with Crippen LogP contribution in [0.1, 0.15) is 24.1 Å². The molecule has 0 saturated carbocycles. The molecule has 25 heavy (non-hydrogen) atoms. The Morgan fingerprint density at radius 2 is 1.72 bits per heavy atom. The monoisotopic (exact) mass is 370 g/mol. The number of nitrogens with one attached hydrogen (secondary N) is 1. The lowest BCUT2D eigenvalue weighted by atomic mass is 10.0. The van der Waals surface area contributed by atoms with E-state index in [0.717, 1.165) is 5.56 Å². The zero-order valence-corrected chi connectivity index (χ0v) is 14.5. The highest BCUT2D eigenvalue weighted by atomic mass is 35.5. The van der Waals surface area contributed by atoms with Crippen LogP contribution in [0.2, 0.25) is 0 Å². The summed E-state index contributed by atoms with van der Waals surface area (Å²) in [5.74, 6) is -0.310. The van der Waals surface area contributed by atoms with E-state index < -0.39 is 18.7 Å². The highest BCUT2D eigenvalue weighted by Gasteiger charge is 2.20. The first-order chi connectivity index (χ1) is 11.5. The maximum atomic E-state index is 12.5. The number of nitrogens with two attached hydrogens (primary N) is 1. The van der Waals surface area contributed by atoms with Crippen LogP contribution in [0.15, 0.2) is 54.6 Å². The Labute approximate surface area is 151 Å². The number of carbonyl (C=O) groups is 1. The first kappa shape index (κ1) is 20.9. The van der Waals surface area contributed by atoms with Crippen molar-refractivity contribution in [2.45, 2.75) is 32.0 Å². The summed E-state index contributed by atoms with van der Waals surface area (Å²) in [5.41, 5.74) is 7.35. The molecule has 0 aliphatic rings. The molecule has 0 spiro atoms. The molecule has 0 bridgehead atoms. The van der Waals surface area contributed by atoms with Crippen LogP contribution >= 0.6 is 12.4 Å². The molecule has 1 unspecified atom stereocenters. The van der Waals surface area contributed by atoms with Crippen LogP contribution in [0.5, 0.6) is 5.75 Å². The van der Waals surface area contributed by atoms with Crippen LogP contribution in [0.3, 0.4) is 0 Å². The first-order valence-corrected chi connectivity index (χ1v) is 7.61. The molecule has 0 aliphatic carbocycles. The van der Waals surface area contributed by atoms with Gasteiger partial charge in [-0.1, -0.05) is 48.5 Å². The van der Waals surface area contributed by atoms with Crippen LogP contribution in [0.25, 0.3) is 0 Å². The summed E-state index contributed by atoms with van der Waals surface area (Å²) in [6, 6.07) is 14.5. The molecule has 2 rings (SSSR count). The SMILES string of the molecule is CC(NC(=O)[C@@H](N)Cc1ccccc1)c1ccccc1OC(F)F.Cl. The summed E-state index contributed by atoms with van der Waals surface area (Å²) < 4.78 is 29.4. The minimum atomic E-state index is -2.92. The molecular weight excluding hydrogens is 350 g/mol. The quantitative estimate of drug-likeness (QED) is 0.784. The van der Waals surface area contributed by atoms with E-state index in [4.69, 9.17) is 5.73 Å². The molecule has 0 radical (unpaired) electrons. The number of hydrogen-bond donors (Lipinski definition) is 2. The van der Waals surface area contributed by atoms with Crippen molar-refractivity contribution < 1.29 is 18.3 Å². The molecule has 3 N–H and O–H groups in total.